The fourth-order valence-electron chi connectivity index (χ4n) is 5.28. The van der Waals surface area contributed by atoms with Crippen LogP contribution in [0.2, 0.25) is 0 Å². The molecule has 2 aromatic carbocycles. The molecule has 33 heavy (non-hydrogen) atoms. The first-order chi connectivity index (χ1) is 16.0. The highest BCUT2D eigenvalue weighted by molar-refractivity contribution is 6.00. The van der Waals surface area contributed by atoms with E-state index in [1.54, 1.807) is 19.1 Å². The first kappa shape index (κ1) is 21.7. The van der Waals surface area contributed by atoms with Crippen LogP contribution in [0, 0.1) is 6.92 Å². The van der Waals surface area contributed by atoms with Gasteiger partial charge in [0.15, 0.2) is 0 Å². The standard InChI is InChI=1S/C25H31N5O3/c1-17-10-11-20(33-3)19(16-17)28-13-7-14-29-21-22(26-24(28)29)27(2)25(32)30(23(21)31)15-12-18-8-5-4-6-9-18/h4-6,8-11,16,21-22,24,26H,7,12-15H2,1-3H3. The number of carbonyl (C=O) groups is 2. The third-order valence-electron chi connectivity index (χ3n) is 6.98. The Labute approximate surface area is 194 Å². The predicted molar refractivity (Wildman–Crippen MR) is 126 cm³/mol. The van der Waals surface area contributed by atoms with Crippen molar-refractivity contribution in [2.24, 2.45) is 0 Å². The molecule has 2 aromatic rings. The summed E-state index contributed by atoms with van der Waals surface area (Å²) >= 11 is 0. The van der Waals surface area contributed by atoms with Gasteiger partial charge in [-0.05, 0) is 43.0 Å². The van der Waals surface area contributed by atoms with Crippen LogP contribution in [0.1, 0.15) is 17.5 Å². The summed E-state index contributed by atoms with van der Waals surface area (Å²) in [6.45, 7) is 4.08. The minimum Gasteiger partial charge on any atom is -0.495 e. The van der Waals surface area contributed by atoms with Gasteiger partial charge in [0.25, 0.3) is 5.91 Å². The monoisotopic (exact) mass is 449 g/mol. The van der Waals surface area contributed by atoms with Gasteiger partial charge in [-0.25, -0.2) is 4.79 Å². The molecular weight excluding hydrogens is 418 g/mol. The lowest BCUT2D eigenvalue weighted by molar-refractivity contribution is -0.138. The Hall–Kier alpha value is -3.10. The summed E-state index contributed by atoms with van der Waals surface area (Å²) in [5.41, 5.74) is 3.26. The molecule has 3 unspecified atom stereocenters. The van der Waals surface area contributed by atoms with E-state index in [2.05, 4.69) is 28.1 Å². The zero-order valence-electron chi connectivity index (χ0n) is 19.4. The fraction of sp³-hybridized carbons (Fsp3) is 0.440. The number of nitrogens with one attached hydrogen (secondary N) is 1. The Morgan fingerprint density at radius 2 is 1.88 bits per heavy atom. The van der Waals surface area contributed by atoms with Gasteiger partial charge in [-0.2, -0.15) is 0 Å². The second-order valence-electron chi connectivity index (χ2n) is 9.01. The molecule has 3 aliphatic rings. The van der Waals surface area contributed by atoms with E-state index < -0.39 is 6.04 Å². The molecule has 8 heteroatoms. The minimum absolute atomic E-state index is 0.118. The smallest absolute Gasteiger partial charge is 0.327 e. The zero-order valence-corrected chi connectivity index (χ0v) is 19.4. The van der Waals surface area contributed by atoms with Crippen molar-refractivity contribution in [1.82, 2.24) is 20.0 Å². The van der Waals surface area contributed by atoms with E-state index in [1.807, 2.05) is 42.5 Å². The number of amides is 3. The molecule has 0 saturated carbocycles. The van der Waals surface area contributed by atoms with Gasteiger partial charge in [0.2, 0.25) is 0 Å². The Morgan fingerprint density at radius 1 is 1.09 bits per heavy atom. The molecule has 174 valence electrons. The van der Waals surface area contributed by atoms with Crippen LogP contribution in [-0.4, -0.2) is 78.9 Å². The number of likely N-dealkylation sites (N-methyl/N-ethyl adjacent to an activating group) is 1. The first-order valence-electron chi connectivity index (χ1n) is 11.5. The molecular formula is C25H31N5O3. The van der Waals surface area contributed by atoms with Crippen molar-refractivity contribution >= 4 is 17.6 Å². The lowest BCUT2D eigenvalue weighted by Crippen LogP contribution is -2.66. The molecule has 0 spiro atoms. The van der Waals surface area contributed by atoms with Crippen LogP contribution in [0.5, 0.6) is 5.75 Å². The van der Waals surface area contributed by atoms with E-state index in [0.717, 1.165) is 42.1 Å². The average Bonchev–Trinajstić information content (AvgIpc) is 3.23. The Bertz CT molecular complexity index is 1050. The van der Waals surface area contributed by atoms with Crippen molar-refractivity contribution in [2.75, 3.05) is 38.7 Å². The van der Waals surface area contributed by atoms with E-state index in [9.17, 15) is 9.59 Å². The highest BCUT2D eigenvalue weighted by Gasteiger charge is 2.56. The summed E-state index contributed by atoms with van der Waals surface area (Å²) < 4.78 is 5.64. The Balaban J connectivity index is 1.41. The van der Waals surface area contributed by atoms with Crippen molar-refractivity contribution in [3.63, 3.8) is 0 Å². The number of aryl methyl sites for hydroxylation is 1. The third-order valence-corrected chi connectivity index (χ3v) is 6.98. The number of ether oxygens (including phenoxy) is 1. The normalized spacial score (nSPS) is 25.3. The van der Waals surface area contributed by atoms with Crippen molar-refractivity contribution in [1.29, 1.82) is 0 Å². The van der Waals surface area contributed by atoms with Crippen molar-refractivity contribution in [3.8, 4) is 5.75 Å². The van der Waals surface area contributed by atoms with Crippen LogP contribution in [0.3, 0.4) is 0 Å². The van der Waals surface area contributed by atoms with Gasteiger partial charge in [-0.3, -0.25) is 19.9 Å². The van der Waals surface area contributed by atoms with Gasteiger partial charge in [0.05, 0.1) is 12.8 Å². The molecule has 0 radical (unpaired) electrons. The van der Waals surface area contributed by atoms with E-state index >= 15 is 0 Å². The van der Waals surface area contributed by atoms with E-state index in [-0.39, 0.29) is 24.4 Å². The lowest BCUT2D eigenvalue weighted by atomic mass is 10.1. The summed E-state index contributed by atoms with van der Waals surface area (Å²) in [6, 6.07) is 15.5. The summed E-state index contributed by atoms with van der Waals surface area (Å²) in [4.78, 5) is 34.3. The van der Waals surface area contributed by atoms with Gasteiger partial charge < -0.3 is 14.5 Å². The summed E-state index contributed by atoms with van der Waals surface area (Å²) in [5, 5.41) is 3.57. The largest absolute Gasteiger partial charge is 0.495 e. The van der Waals surface area contributed by atoms with Crippen LogP contribution in [0.4, 0.5) is 10.5 Å². The number of hydrogen-bond donors (Lipinski definition) is 1. The number of imide groups is 1. The van der Waals surface area contributed by atoms with Crippen LogP contribution in [-0.2, 0) is 11.2 Å². The Morgan fingerprint density at radius 3 is 2.64 bits per heavy atom. The number of anilines is 1. The molecule has 3 atom stereocenters. The van der Waals surface area contributed by atoms with Crippen LogP contribution < -0.4 is 15.0 Å². The van der Waals surface area contributed by atoms with Crippen LogP contribution in [0.25, 0.3) is 0 Å². The van der Waals surface area contributed by atoms with Crippen molar-refractivity contribution in [2.45, 2.75) is 38.3 Å². The predicted octanol–water partition coefficient (Wildman–Crippen LogP) is 2.23. The van der Waals surface area contributed by atoms with Crippen molar-refractivity contribution < 1.29 is 14.3 Å². The van der Waals surface area contributed by atoms with Gasteiger partial charge >= 0.3 is 6.03 Å². The number of carbonyl (C=O) groups excluding carboxylic acids is 2. The second-order valence-corrected chi connectivity index (χ2v) is 9.01. The molecule has 3 amide bonds. The quantitative estimate of drug-likeness (QED) is 0.755. The summed E-state index contributed by atoms with van der Waals surface area (Å²) in [5.74, 6) is 0.687. The minimum atomic E-state index is -0.410. The number of urea groups is 1. The van der Waals surface area contributed by atoms with Crippen molar-refractivity contribution in [3.05, 3.63) is 59.7 Å². The van der Waals surface area contributed by atoms with E-state index in [0.29, 0.717) is 13.0 Å². The number of nitrogens with zero attached hydrogens (tertiary/aromatic N) is 4. The molecule has 0 bridgehead atoms. The van der Waals surface area contributed by atoms with Gasteiger partial charge in [0, 0.05) is 26.7 Å². The number of hydrogen-bond acceptors (Lipinski definition) is 6. The average molecular weight is 450 g/mol. The number of fused-ring (bicyclic) bond motifs is 3. The maximum Gasteiger partial charge on any atom is 0.327 e. The van der Waals surface area contributed by atoms with Gasteiger partial charge in [0.1, 0.15) is 24.2 Å². The second kappa shape index (κ2) is 8.68. The van der Waals surface area contributed by atoms with Gasteiger partial charge in [-0.1, -0.05) is 36.4 Å². The summed E-state index contributed by atoms with van der Waals surface area (Å²) in [7, 11) is 3.46. The highest BCUT2D eigenvalue weighted by atomic mass is 16.5. The van der Waals surface area contributed by atoms with Gasteiger partial charge in [-0.15, -0.1) is 0 Å². The first-order valence-corrected chi connectivity index (χ1v) is 11.5. The lowest BCUT2D eigenvalue weighted by Gasteiger charge is -2.44. The number of benzene rings is 2. The molecule has 0 aliphatic carbocycles. The van der Waals surface area contributed by atoms with Crippen LogP contribution >= 0.6 is 0 Å². The maximum absolute atomic E-state index is 13.6. The van der Waals surface area contributed by atoms with Crippen LogP contribution in [0.15, 0.2) is 48.5 Å². The molecule has 0 aromatic heterocycles. The van der Waals surface area contributed by atoms with E-state index in [4.69, 9.17) is 4.74 Å². The number of methoxy groups -OCH3 is 1. The van der Waals surface area contributed by atoms with E-state index in [1.165, 1.54) is 4.90 Å². The third kappa shape index (κ3) is 3.73. The number of rotatable bonds is 5. The molecule has 3 heterocycles. The Kier molecular flexibility index (Phi) is 5.72. The SMILES string of the molecule is COc1ccc(C)cc1N1CCCN2C3C(=O)N(CCc4ccccc4)C(=O)N(C)C3NC12. The molecule has 1 N–H and O–H groups in total. The highest BCUT2D eigenvalue weighted by Crippen LogP contribution is 2.37. The fourth-order valence-corrected chi connectivity index (χ4v) is 5.28. The zero-order chi connectivity index (χ0) is 23.1. The molecule has 3 saturated heterocycles. The molecule has 3 aliphatic heterocycles. The molecule has 8 nitrogen and oxygen atoms in total. The summed E-state index contributed by atoms with van der Waals surface area (Å²) in [6.07, 6.45) is 1.03. The molecule has 5 rings (SSSR count). The molecule has 3 fully saturated rings. The maximum atomic E-state index is 13.6. The topological polar surface area (TPSA) is 68.4 Å².